The largest absolute Gasteiger partial charge is 0.379 e. The number of morpholine rings is 1. The Morgan fingerprint density at radius 2 is 1.96 bits per heavy atom. The van der Waals surface area contributed by atoms with Gasteiger partial charge in [-0.05, 0) is 6.07 Å². The molecule has 2 saturated heterocycles. The third-order valence-electron chi connectivity index (χ3n) is 4.55. The zero-order chi connectivity index (χ0) is 15.8. The van der Waals surface area contributed by atoms with Crippen LogP contribution in [0.1, 0.15) is 10.5 Å². The number of benzene rings is 1. The third kappa shape index (κ3) is 2.62. The molecule has 0 unspecified atom stereocenters. The smallest absolute Gasteiger partial charge is 0.346 e. The molecule has 0 aliphatic carbocycles. The number of hydrogen-bond acceptors (Lipinski definition) is 5. The summed E-state index contributed by atoms with van der Waals surface area (Å²) in [6.45, 7) is 4.70. The number of para-hydroxylation sites is 1. The van der Waals surface area contributed by atoms with Gasteiger partial charge in [0.2, 0.25) is 0 Å². The van der Waals surface area contributed by atoms with E-state index in [1.54, 1.807) is 11.0 Å². The van der Waals surface area contributed by atoms with Gasteiger partial charge in [-0.3, -0.25) is 9.69 Å². The Bertz CT molecular complexity index is 791. The van der Waals surface area contributed by atoms with Crippen LogP contribution in [0.5, 0.6) is 0 Å². The molecule has 2 fully saturated rings. The summed E-state index contributed by atoms with van der Waals surface area (Å²) >= 11 is 0. The molecule has 2 aliphatic rings. The van der Waals surface area contributed by atoms with E-state index in [0.717, 1.165) is 26.3 Å². The minimum Gasteiger partial charge on any atom is -0.379 e. The van der Waals surface area contributed by atoms with Crippen molar-refractivity contribution in [1.29, 1.82) is 0 Å². The van der Waals surface area contributed by atoms with Crippen LogP contribution in [-0.4, -0.2) is 71.1 Å². The lowest BCUT2D eigenvalue weighted by Gasteiger charge is -2.46. The van der Waals surface area contributed by atoms with Crippen LogP contribution in [0.25, 0.3) is 10.9 Å². The second kappa shape index (κ2) is 5.75. The lowest BCUT2D eigenvalue weighted by molar-refractivity contribution is -0.0257. The molecule has 0 spiro atoms. The van der Waals surface area contributed by atoms with Crippen LogP contribution in [0.2, 0.25) is 0 Å². The molecule has 1 aromatic heterocycles. The Kier molecular flexibility index (Phi) is 3.59. The number of nitrogens with one attached hydrogen (secondary N) is 1. The summed E-state index contributed by atoms with van der Waals surface area (Å²) in [4.78, 5) is 35.1. The molecule has 2 aliphatic heterocycles. The summed E-state index contributed by atoms with van der Waals surface area (Å²) < 4.78 is 5.35. The molecule has 0 bridgehead atoms. The zero-order valence-corrected chi connectivity index (χ0v) is 12.7. The predicted octanol–water partition coefficient (Wildman–Crippen LogP) is 0.0797. The fourth-order valence-corrected chi connectivity index (χ4v) is 3.21. The number of ether oxygens (including phenoxy) is 1. The first-order valence-corrected chi connectivity index (χ1v) is 7.82. The number of likely N-dealkylation sites (tertiary alicyclic amines) is 1. The molecular formula is C16H18N4O3. The minimum atomic E-state index is -0.489. The molecule has 0 radical (unpaired) electrons. The highest BCUT2D eigenvalue weighted by Gasteiger charge is 2.36. The topological polar surface area (TPSA) is 78.5 Å². The van der Waals surface area contributed by atoms with Crippen LogP contribution in [0.4, 0.5) is 0 Å². The average molecular weight is 314 g/mol. The molecule has 3 heterocycles. The number of carbonyl (C=O) groups excluding carboxylic acids is 1. The lowest BCUT2D eigenvalue weighted by atomic mass is 10.0. The maximum atomic E-state index is 12.7. The summed E-state index contributed by atoms with van der Waals surface area (Å²) in [6, 6.07) is 7.64. The van der Waals surface area contributed by atoms with E-state index in [1.807, 2.05) is 18.2 Å². The van der Waals surface area contributed by atoms with Crippen LogP contribution in [-0.2, 0) is 4.74 Å². The maximum Gasteiger partial charge on any atom is 0.346 e. The van der Waals surface area contributed by atoms with Crippen molar-refractivity contribution in [3.05, 3.63) is 40.4 Å². The predicted molar refractivity (Wildman–Crippen MR) is 84.4 cm³/mol. The quantitative estimate of drug-likeness (QED) is 0.849. The summed E-state index contributed by atoms with van der Waals surface area (Å²) in [5.41, 5.74) is 0.392. The molecule has 1 N–H and O–H groups in total. The minimum absolute atomic E-state index is 0.170. The van der Waals surface area contributed by atoms with E-state index in [2.05, 4.69) is 14.9 Å². The lowest BCUT2D eigenvalue weighted by Crippen LogP contribution is -2.63. The number of rotatable bonds is 2. The van der Waals surface area contributed by atoms with Crippen molar-refractivity contribution in [1.82, 2.24) is 19.8 Å². The first-order chi connectivity index (χ1) is 11.2. The van der Waals surface area contributed by atoms with Gasteiger partial charge in [0.15, 0.2) is 0 Å². The highest BCUT2D eigenvalue weighted by atomic mass is 16.5. The number of aromatic nitrogens is 2. The van der Waals surface area contributed by atoms with Gasteiger partial charge in [0.1, 0.15) is 5.69 Å². The van der Waals surface area contributed by atoms with Crippen LogP contribution < -0.4 is 5.69 Å². The van der Waals surface area contributed by atoms with Crippen LogP contribution in [0.3, 0.4) is 0 Å². The number of fused-ring (bicyclic) bond motifs is 1. The van der Waals surface area contributed by atoms with Gasteiger partial charge in [0.25, 0.3) is 5.91 Å². The Morgan fingerprint density at radius 3 is 2.74 bits per heavy atom. The Balaban J connectivity index is 1.53. The van der Waals surface area contributed by atoms with E-state index in [4.69, 9.17) is 4.74 Å². The van der Waals surface area contributed by atoms with E-state index in [-0.39, 0.29) is 11.6 Å². The van der Waals surface area contributed by atoms with Crippen molar-refractivity contribution in [3.8, 4) is 0 Å². The van der Waals surface area contributed by atoms with Crippen molar-refractivity contribution in [3.63, 3.8) is 0 Å². The van der Waals surface area contributed by atoms with Gasteiger partial charge in [-0.2, -0.15) is 4.98 Å². The molecule has 0 atom stereocenters. The monoisotopic (exact) mass is 314 g/mol. The number of H-pyrrole nitrogens is 1. The molecule has 120 valence electrons. The molecule has 7 nitrogen and oxygen atoms in total. The number of hydrogen-bond donors (Lipinski definition) is 1. The van der Waals surface area contributed by atoms with Gasteiger partial charge in [-0.25, -0.2) is 4.79 Å². The molecule has 0 saturated carbocycles. The van der Waals surface area contributed by atoms with E-state index in [1.165, 1.54) is 0 Å². The number of amides is 1. The molecule has 4 rings (SSSR count). The Hall–Kier alpha value is -2.25. The molecule has 7 heteroatoms. The molecule has 23 heavy (non-hydrogen) atoms. The van der Waals surface area contributed by atoms with E-state index in [9.17, 15) is 9.59 Å². The maximum absolute atomic E-state index is 12.7. The van der Waals surface area contributed by atoms with E-state index >= 15 is 0 Å². The highest BCUT2D eigenvalue weighted by Crippen LogP contribution is 2.21. The van der Waals surface area contributed by atoms with Crippen LogP contribution in [0, 0.1) is 0 Å². The van der Waals surface area contributed by atoms with E-state index in [0.29, 0.717) is 30.0 Å². The second-order valence-electron chi connectivity index (χ2n) is 5.95. The SMILES string of the molecule is O=C(c1nc(=O)[nH]c2ccccc12)N1CC(N2CCOCC2)C1. The third-order valence-corrected chi connectivity index (χ3v) is 4.55. The van der Waals surface area contributed by atoms with Crippen molar-refractivity contribution in [2.45, 2.75) is 6.04 Å². The number of carbonyl (C=O) groups is 1. The van der Waals surface area contributed by atoms with Gasteiger partial charge in [-0.1, -0.05) is 18.2 Å². The molecule has 1 aromatic carbocycles. The summed E-state index contributed by atoms with van der Waals surface area (Å²) in [7, 11) is 0. The standard InChI is InChI=1S/C16H18N4O3/c21-15(20-9-11(10-20)19-5-7-23-8-6-19)14-12-3-1-2-4-13(12)17-16(22)18-14/h1-4,11H,5-10H2,(H,17,18,22). The normalized spacial score (nSPS) is 19.7. The van der Waals surface area contributed by atoms with Crippen LogP contribution >= 0.6 is 0 Å². The fourth-order valence-electron chi connectivity index (χ4n) is 3.21. The molecule has 1 amide bonds. The first-order valence-electron chi connectivity index (χ1n) is 7.82. The summed E-state index contributed by atoms with van der Waals surface area (Å²) in [6.07, 6.45) is 0. The van der Waals surface area contributed by atoms with Gasteiger partial charge in [0, 0.05) is 37.6 Å². The van der Waals surface area contributed by atoms with Gasteiger partial charge in [0.05, 0.1) is 18.7 Å². The van der Waals surface area contributed by atoms with Crippen molar-refractivity contribution < 1.29 is 9.53 Å². The first kappa shape index (κ1) is 14.3. The summed E-state index contributed by atoms with van der Waals surface area (Å²) in [5, 5.41) is 0.687. The fraction of sp³-hybridized carbons (Fsp3) is 0.438. The number of nitrogens with zero attached hydrogens (tertiary/aromatic N) is 3. The van der Waals surface area contributed by atoms with Crippen molar-refractivity contribution in [2.24, 2.45) is 0 Å². The second-order valence-corrected chi connectivity index (χ2v) is 5.95. The number of aromatic amines is 1. The summed E-state index contributed by atoms with van der Waals surface area (Å²) in [5.74, 6) is -0.170. The highest BCUT2D eigenvalue weighted by molar-refractivity contribution is 6.04. The molecule has 2 aromatic rings. The van der Waals surface area contributed by atoms with Crippen molar-refractivity contribution in [2.75, 3.05) is 39.4 Å². The van der Waals surface area contributed by atoms with Gasteiger partial charge < -0.3 is 14.6 Å². The van der Waals surface area contributed by atoms with Crippen molar-refractivity contribution >= 4 is 16.8 Å². The van der Waals surface area contributed by atoms with Gasteiger partial charge in [-0.15, -0.1) is 0 Å². The average Bonchev–Trinajstić information content (AvgIpc) is 2.53. The van der Waals surface area contributed by atoms with Gasteiger partial charge >= 0.3 is 5.69 Å². The Morgan fingerprint density at radius 1 is 1.22 bits per heavy atom. The van der Waals surface area contributed by atoms with E-state index < -0.39 is 5.69 Å². The Labute approximate surface area is 132 Å². The molecular weight excluding hydrogens is 296 g/mol. The zero-order valence-electron chi connectivity index (χ0n) is 12.7. The van der Waals surface area contributed by atoms with Crippen LogP contribution in [0.15, 0.2) is 29.1 Å².